The van der Waals surface area contributed by atoms with Crippen LogP contribution in [0, 0.1) is 14.8 Å². The maximum absolute atomic E-state index is 8.63. The maximum atomic E-state index is 8.63. The molecule has 0 aliphatic heterocycles. The molecule has 34 valence electrons. The van der Waals surface area contributed by atoms with Gasteiger partial charge in [-0.15, -0.1) is 12.4 Å². The van der Waals surface area contributed by atoms with E-state index in [0.29, 0.717) is 0 Å². The van der Waals surface area contributed by atoms with E-state index >= 15 is 0 Å². The Morgan fingerprint density at radius 3 is 1.40 bits per heavy atom. The van der Waals surface area contributed by atoms with Gasteiger partial charge in [0.25, 0.3) is 0 Å². The smallest absolute Gasteiger partial charge is 0.372 e. The highest BCUT2D eigenvalue weighted by molar-refractivity contribution is 5.85. The molecule has 0 radical (unpaired) electrons. The number of hydrogen-bond donors (Lipinski definition) is 1. The second-order valence-electron chi connectivity index (χ2n) is 0.201. The Morgan fingerprint density at radius 2 is 1.40 bits per heavy atom. The second-order valence-corrected chi connectivity index (χ2v) is 1.04. The maximum Gasteiger partial charge on any atom is 0.433 e. The zero-order chi connectivity index (χ0) is 3.58. The van der Waals surface area contributed by atoms with E-state index in [9.17, 15) is 0 Å². The van der Waals surface area contributed by atoms with Gasteiger partial charge in [0, 0.05) is 0 Å². The molecule has 0 bridgehead atoms. The van der Waals surface area contributed by atoms with E-state index in [1.54, 1.807) is 0 Å². The SMILES string of the molecule is Cl.[O-][Br+2]([O-])O. The lowest BCUT2D eigenvalue weighted by molar-refractivity contribution is -1.63. The molecule has 0 rings (SSSR count). The van der Waals surface area contributed by atoms with E-state index in [4.69, 9.17) is 12.6 Å². The van der Waals surface area contributed by atoms with Crippen molar-refractivity contribution < 1.29 is 27.4 Å². The van der Waals surface area contributed by atoms with Crippen molar-refractivity contribution in [3.8, 4) is 0 Å². The van der Waals surface area contributed by atoms with Gasteiger partial charge in [-0.25, -0.2) is 0 Å². The fraction of sp³-hybridized carbons (Fsp3) is 0. The van der Waals surface area contributed by atoms with Gasteiger partial charge < -0.3 is 8.40 Å². The van der Waals surface area contributed by atoms with Gasteiger partial charge in [-0.1, -0.05) is 0 Å². The molecule has 0 aromatic rings. The molecule has 0 heterocycles. The van der Waals surface area contributed by atoms with Crippen LogP contribution < -0.4 is 8.40 Å². The minimum Gasteiger partial charge on any atom is -0.372 e. The summed E-state index contributed by atoms with van der Waals surface area (Å²) < 4.78 is 24.3. The molecule has 5 heavy (non-hydrogen) atoms. The minimum atomic E-state index is -3.40. The summed E-state index contributed by atoms with van der Waals surface area (Å²) in [5, 5.41) is 0. The fourth-order valence-corrected chi connectivity index (χ4v) is 0. The van der Waals surface area contributed by atoms with Crippen LogP contribution in [0.15, 0.2) is 0 Å². The summed E-state index contributed by atoms with van der Waals surface area (Å²) in [5.41, 5.74) is 0. The van der Waals surface area contributed by atoms with Crippen LogP contribution in [-0.4, -0.2) is 4.20 Å². The first-order valence-corrected chi connectivity index (χ1v) is 2.48. The van der Waals surface area contributed by atoms with Crippen LogP contribution in [-0.2, 0) is 0 Å². The molecular formula is H2BrClO3. The van der Waals surface area contributed by atoms with Gasteiger partial charge in [0.1, 0.15) is 0 Å². The van der Waals surface area contributed by atoms with E-state index in [1.807, 2.05) is 0 Å². The summed E-state index contributed by atoms with van der Waals surface area (Å²) >= 11 is -3.40. The Kier molecular flexibility index (Phi) is 8.53. The summed E-state index contributed by atoms with van der Waals surface area (Å²) in [4.78, 5) is 0. The van der Waals surface area contributed by atoms with Crippen molar-refractivity contribution >= 4 is 12.4 Å². The molecule has 1 N–H and O–H groups in total. The molecule has 0 saturated heterocycles. The zero-order valence-electron chi connectivity index (χ0n) is 2.05. The first kappa shape index (κ1) is 9.17. The lowest BCUT2D eigenvalue weighted by atomic mass is 16.0. The van der Waals surface area contributed by atoms with Crippen LogP contribution in [0.25, 0.3) is 0 Å². The Hall–Kier alpha value is 0.650. The van der Waals surface area contributed by atoms with Crippen molar-refractivity contribution in [3.05, 3.63) is 0 Å². The quantitative estimate of drug-likeness (QED) is 0.431. The van der Waals surface area contributed by atoms with Gasteiger partial charge in [-0.2, -0.15) is 0 Å². The summed E-state index contributed by atoms with van der Waals surface area (Å²) in [5.74, 6) is 0. The molecule has 0 unspecified atom stereocenters. The highest BCUT2D eigenvalue weighted by atomic mass is 80.0. The molecule has 0 spiro atoms. The zero-order valence-corrected chi connectivity index (χ0v) is 4.45. The fourth-order valence-electron chi connectivity index (χ4n) is 0. The molecule has 0 fully saturated rings. The van der Waals surface area contributed by atoms with Crippen LogP contribution >= 0.6 is 12.4 Å². The van der Waals surface area contributed by atoms with Crippen LogP contribution in [0.4, 0.5) is 0 Å². The molecular weight excluding hydrogens is 163 g/mol. The summed E-state index contributed by atoms with van der Waals surface area (Å²) in [6, 6.07) is 0. The summed E-state index contributed by atoms with van der Waals surface area (Å²) in [7, 11) is 0. The molecule has 0 amide bonds. The van der Waals surface area contributed by atoms with Gasteiger partial charge >= 0.3 is 14.8 Å². The molecule has 5 heteroatoms. The van der Waals surface area contributed by atoms with Crippen molar-refractivity contribution in [2.75, 3.05) is 0 Å². The number of rotatable bonds is 0. The lowest BCUT2D eigenvalue weighted by Crippen LogP contribution is -2.30. The average Bonchev–Trinajstić information content (AvgIpc) is 0.811. The third-order valence-electron chi connectivity index (χ3n) is 0. The predicted molar refractivity (Wildman–Crippen MR) is 9.47 cm³/mol. The van der Waals surface area contributed by atoms with Crippen molar-refractivity contribution in [1.29, 1.82) is 0 Å². The Labute approximate surface area is 40.5 Å². The third kappa shape index (κ3) is 77.3. The molecule has 0 saturated carbocycles. The summed E-state index contributed by atoms with van der Waals surface area (Å²) in [6.45, 7) is 0. The number of hydrogen-bond acceptors (Lipinski definition) is 3. The van der Waals surface area contributed by atoms with Gasteiger partial charge in [0.05, 0.1) is 0 Å². The van der Waals surface area contributed by atoms with Crippen LogP contribution in [0.3, 0.4) is 0 Å². The van der Waals surface area contributed by atoms with Gasteiger partial charge in [0.2, 0.25) is 0 Å². The molecule has 0 aliphatic rings. The van der Waals surface area contributed by atoms with E-state index in [-0.39, 0.29) is 12.4 Å². The van der Waals surface area contributed by atoms with Crippen molar-refractivity contribution in [3.63, 3.8) is 0 Å². The van der Waals surface area contributed by atoms with E-state index in [0.717, 1.165) is 0 Å². The van der Waals surface area contributed by atoms with Crippen molar-refractivity contribution in [1.82, 2.24) is 0 Å². The molecule has 0 atom stereocenters. The predicted octanol–water partition coefficient (Wildman–Crippen LogP) is -2.51. The van der Waals surface area contributed by atoms with Crippen LogP contribution in [0.1, 0.15) is 0 Å². The van der Waals surface area contributed by atoms with Crippen LogP contribution in [0.2, 0.25) is 0 Å². The van der Waals surface area contributed by atoms with Gasteiger partial charge in [-0.3, -0.25) is 0 Å². The van der Waals surface area contributed by atoms with Gasteiger partial charge in [0.15, 0.2) is 0 Å². The molecule has 0 aromatic carbocycles. The summed E-state index contributed by atoms with van der Waals surface area (Å²) in [6.07, 6.45) is 0. The van der Waals surface area contributed by atoms with Gasteiger partial charge in [-0.05, 0) is 4.20 Å². The standard InChI is InChI=1S/BrHO3.ClH/c2-1(3)4;/h2H;1H. The van der Waals surface area contributed by atoms with E-state index in [2.05, 4.69) is 0 Å². The first-order valence-electron chi connectivity index (χ1n) is 0.478. The Morgan fingerprint density at radius 1 is 1.40 bits per heavy atom. The Bertz CT molecular complexity index is 11.6. The van der Waals surface area contributed by atoms with Crippen LogP contribution in [0.5, 0.6) is 0 Å². The largest absolute Gasteiger partial charge is 0.433 e. The molecule has 3 nitrogen and oxygen atoms in total. The van der Waals surface area contributed by atoms with Crippen molar-refractivity contribution in [2.24, 2.45) is 0 Å². The first-order chi connectivity index (χ1) is 1.73. The molecule has 0 aliphatic carbocycles. The number of halogens is 2. The Balaban J connectivity index is 0. The monoisotopic (exact) mass is 164 g/mol. The molecule has 0 aromatic heterocycles. The average molecular weight is 165 g/mol. The minimum absolute atomic E-state index is 0. The van der Waals surface area contributed by atoms with E-state index in [1.165, 1.54) is 0 Å². The topological polar surface area (TPSA) is 66.3 Å². The highest BCUT2D eigenvalue weighted by Gasteiger charge is 1.86. The lowest BCUT2D eigenvalue weighted by Gasteiger charge is -1.69. The second kappa shape index (κ2) is 4.65. The van der Waals surface area contributed by atoms with E-state index < -0.39 is 14.8 Å². The third-order valence-corrected chi connectivity index (χ3v) is 0. The van der Waals surface area contributed by atoms with Crippen molar-refractivity contribution in [2.45, 2.75) is 0 Å². The highest BCUT2D eigenvalue weighted by Crippen LogP contribution is 1.38. The normalized spacial score (nSPS) is 7.20.